The molecular formula is C21H27FN7O8P. The standard InChI is InChI=1S/C21H27FN7O8P/c1-12(2)35-19(31)13(3)26-38(33,37-14-7-5-4-6-8-14)34-11-21(27-28-24)17(30)16(22)18(36-21)29-10-9-15(23)25-20(29)32/h4-10,12-13,16-18,30H,11H2,1-3H3,(H,26,33)(H2,23,25,32)/t13-,16?,17?,18?,21?,38?/m0/s1. The third-order valence-electron chi connectivity index (χ3n) is 5.17. The first-order valence-corrected chi connectivity index (χ1v) is 12.8. The number of carbonyl (C=O) groups excluding carboxylic acids is 1. The van der Waals surface area contributed by atoms with Crippen molar-refractivity contribution in [2.75, 3.05) is 12.3 Å². The first-order chi connectivity index (χ1) is 17.9. The average Bonchev–Trinajstić information content (AvgIpc) is 3.09. The topological polar surface area (TPSA) is 213 Å². The molecule has 6 atom stereocenters. The number of aromatic nitrogens is 2. The van der Waals surface area contributed by atoms with E-state index in [4.69, 9.17) is 29.8 Å². The molecule has 1 aromatic carbocycles. The fraction of sp³-hybridized carbons (Fsp3) is 0.476. The largest absolute Gasteiger partial charge is 0.462 e. The Balaban J connectivity index is 1.90. The predicted molar refractivity (Wildman–Crippen MR) is 130 cm³/mol. The second-order valence-corrected chi connectivity index (χ2v) is 10.2. The molecule has 206 valence electrons. The van der Waals surface area contributed by atoms with Crippen LogP contribution in [-0.4, -0.2) is 57.4 Å². The molecule has 0 bridgehead atoms. The summed E-state index contributed by atoms with van der Waals surface area (Å²) in [4.78, 5) is 30.6. The Kier molecular flexibility index (Phi) is 9.09. The van der Waals surface area contributed by atoms with Gasteiger partial charge in [-0.3, -0.25) is 13.9 Å². The highest BCUT2D eigenvalue weighted by atomic mass is 31.2. The number of hydrogen-bond donors (Lipinski definition) is 3. The lowest BCUT2D eigenvalue weighted by atomic mass is 10.1. The van der Waals surface area contributed by atoms with Crippen LogP contribution in [0.2, 0.25) is 0 Å². The van der Waals surface area contributed by atoms with Crippen LogP contribution < -0.4 is 21.0 Å². The lowest BCUT2D eigenvalue weighted by Crippen LogP contribution is -2.45. The predicted octanol–water partition coefficient (Wildman–Crippen LogP) is 2.19. The maximum atomic E-state index is 15.2. The summed E-state index contributed by atoms with van der Waals surface area (Å²) in [5.74, 6) is -0.847. The number of azide groups is 1. The van der Waals surface area contributed by atoms with Gasteiger partial charge in [0.05, 0.1) is 12.7 Å². The Bertz CT molecular complexity index is 1290. The zero-order valence-electron chi connectivity index (χ0n) is 20.6. The van der Waals surface area contributed by atoms with E-state index in [1.54, 1.807) is 32.0 Å². The van der Waals surface area contributed by atoms with Crippen LogP contribution in [0.5, 0.6) is 5.75 Å². The molecule has 15 nitrogen and oxygen atoms in total. The number of esters is 1. The number of carbonyl (C=O) groups is 1. The Labute approximate surface area is 215 Å². The summed E-state index contributed by atoms with van der Waals surface area (Å²) in [6, 6.07) is 7.72. The van der Waals surface area contributed by atoms with E-state index in [0.29, 0.717) is 4.57 Å². The summed E-state index contributed by atoms with van der Waals surface area (Å²) in [6.07, 6.45) is -5.69. The van der Waals surface area contributed by atoms with Gasteiger partial charge in [-0.2, -0.15) is 10.1 Å². The monoisotopic (exact) mass is 555 g/mol. The van der Waals surface area contributed by atoms with Gasteiger partial charge in [0, 0.05) is 11.1 Å². The number of aliphatic hydroxyl groups excluding tert-OH is 1. The van der Waals surface area contributed by atoms with Crippen molar-refractivity contribution in [1.29, 1.82) is 0 Å². The van der Waals surface area contributed by atoms with Gasteiger partial charge in [0.25, 0.3) is 0 Å². The van der Waals surface area contributed by atoms with E-state index in [1.807, 2.05) is 0 Å². The van der Waals surface area contributed by atoms with E-state index in [1.165, 1.54) is 25.1 Å². The van der Waals surface area contributed by atoms with Crippen molar-refractivity contribution < 1.29 is 37.4 Å². The first-order valence-electron chi connectivity index (χ1n) is 11.3. The number of nitrogens with one attached hydrogen (secondary N) is 1. The van der Waals surface area contributed by atoms with Crippen molar-refractivity contribution in [2.45, 2.75) is 57.1 Å². The molecule has 2 heterocycles. The van der Waals surface area contributed by atoms with Gasteiger partial charge in [-0.15, -0.1) is 0 Å². The quantitative estimate of drug-likeness (QED) is 0.120. The van der Waals surface area contributed by atoms with E-state index < -0.39 is 62.4 Å². The summed E-state index contributed by atoms with van der Waals surface area (Å²) in [5.41, 5.74) is 11.1. The summed E-state index contributed by atoms with van der Waals surface area (Å²) >= 11 is 0. The molecule has 1 fully saturated rings. The van der Waals surface area contributed by atoms with Crippen LogP contribution >= 0.6 is 7.75 Å². The summed E-state index contributed by atoms with van der Waals surface area (Å²) in [7, 11) is -4.51. The molecule has 1 aromatic heterocycles. The number of rotatable bonds is 11. The summed E-state index contributed by atoms with van der Waals surface area (Å²) in [5, 5.41) is 16.4. The maximum absolute atomic E-state index is 15.2. The molecule has 4 N–H and O–H groups in total. The van der Waals surface area contributed by atoms with Crippen LogP contribution in [0, 0.1) is 0 Å². The van der Waals surface area contributed by atoms with Gasteiger partial charge in [0.1, 0.15) is 23.7 Å². The zero-order chi connectivity index (χ0) is 28.1. The van der Waals surface area contributed by atoms with Crippen LogP contribution in [0.1, 0.15) is 27.0 Å². The normalized spacial score (nSPS) is 25.3. The number of aliphatic hydroxyl groups is 1. The van der Waals surface area contributed by atoms with Crippen LogP contribution in [-0.2, 0) is 23.4 Å². The minimum absolute atomic E-state index is 0.0687. The van der Waals surface area contributed by atoms with Crippen molar-refractivity contribution >= 4 is 19.5 Å². The molecule has 0 spiro atoms. The van der Waals surface area contributed by atoms with E-state index in [0.717, 1.165) is 6.20 Å². The van der Waals surface area contributed by atoms with Crippen molar-refractivity contribution in [2.24, 2.45) is 5.11 Å². The fourth-order valence-electron chi connectivity index (χ4n) is 3.40. The number of benzene rings is 1. The Morgan fingerprint density at radius 1 is 1.39 bits per heavy atom. The molecular weight excluding hydrogens is 528 g/mol. The van der Waals surface area contributed by atoms with Gasteiger partial charge in [0.15, 0.2) is 12.4 Å². The molecule has 0 saturated carbocycles. The number of nitrogen functional groups attached to an aromatic ring is 1. The molecule has 3 rings (SSSR count). The second kappa shape index (κ2) is 11.9. The molecule has 1 saturated heterocycles. The molecule has 1 aliphatic rings. The molecule has 0 amide bonds. The number of anilines is 1. The highest BCUT2D eigenvalue weighted by Crippen LogP contribution is 2.48. The summed E-state index contributed by atoms with van der Waals surface area (Å²) in [6.45, 7) is 3.56. The second-order valence-electron chi connectivity index (χ2n) is 8.49. The maximum Gasteiger partial charge on any atom is 0.459 e. The minimum Gasteiger partial charge on any atom is -0.462 e. The lowest BCUT2D eigenvalue weighted by Gasteiger charge is -2.29. The average molecular weight is 555 g/mol. The first kappa shape index (κ1) is 29.0. The van der Waals surface area contributed by atoms with Gasteiger partial charge >= 0.3 is 19.4 Å². The number of para-hydroxylation sites is 1. The Morgan fingerprint density at radius 2 is 2.08 bits per heavy atom. The van der Waals surface area contributed by atoms with Crippen molar-refractivity contribution in [3.05, 3.63) is 63.5 Å². The Hall–Kier alpha value is -3.52. The summed E-state index contributed by atoms with van der Waals surface area (Å²) < 4.78 is 51.1. The van der Waals surface area contributed by atoms with Crippen LogP contribution in [0.25, 0.3) is 10.4 Å². The third-order valence-corrected chi connectivity index (χ3v) is 6.79. The highest BCUT2D eigenvalue weighted by Gasteiger charge is 2.57. The fourth-order valence-corrected chi connectivity index (χ4v) is 4.91. The van der Waals surface area contributed by atoms with E-state index in [2.05, 4.69) is 20.1 Å². The van der Waals surface area contributed by atoms with Crippen LogP contribution in [0.15, 0.2) is 52.5 Å². The number of nitrogens with zero attached hydrogens (tertiary/aromatic N) is 5. The molecule has 38 heavy (non-hydrogen) atoms. The number of alkyl halides is 1. The molecule has 0 aliphatic carbocycles. The molecule has 2 aromatic rings. The van der Waals surface area contributed by atoms with Crippen LogP contribution in [0.3, 0.4) is 0 Å². The van der Waals surface area contributed by atoms with E-state index >= 15 is 4.39 Å². The number of hydrogen-bond acceptors (Lipinski definition) is 11. The van der Waals surface area contributed by atoms with E-state index in [-0.39, 0.29) is 11.6 Å². The van der Waals surface area contributed by atoms with Gasteiger partial charge in [-0.25, -0.2) is 13.8 Å². The highest BCUT2D eigenvalue weighted by molar-refractivity contribution is 7.52. The third kappa shape index (κ3) is 6.67. The number of halogens is 1. The van der Waals surface area contributed by atoms with Gasteiger partial charge in [0.2, 0.25) is 5.72 Å². The van der Waals surface area contributed by atoms with Gasteiger partial charge < -0.3 is 24.8 Å². The molecule has 0 radical (unpaired) electrons. The van der Waals surface area contributed by atoms with Crippen molar-refractivity contribution in [3.8, 4) is 5.75 Å². The van der Waals surface area contributed by atoms with Gasteiger partial charge in [-0.1, -0.05) is 23.3 Å². The lowest BCUT2D eigenvalue weighted by molar-refractivity contribution is -0.149. The number of ether oxygens (including phenoxy) is 2. The van der Waals surface area contributed by atoms with Crippen molar-refractivity contribution in [1.82, 2.24) is 14.6 Å². The molecule has 1 aliphatic heterocycles. The Morgan fingerprint density at radius 3 is 2.68 bits per heavy atom. The molecule has 5 unspecified atom stereocenters. The number of nitrogens with two attached hydrogens (primary N) is 1. The minimum atomic E-state index is -4.51. The smallest absolute Gasteiger partial charge is 0.459 e. The van der Waals surface area contributed by atoms with Gasteiger partial charge in [-0.05, 0) is 44.5 Å². The van der Waals surface area contributed by atoms with Crippen molar-refractivity contribution in [3.63, 3.8) is 0 Å². The zero-order valence-corrected chi connectivity index (χ0v) is 21.5. The van der Waals surface area contributed by atoms with E-state index in [9.17, 15) is 19.3 Å². The SMILES string of the molecule is CC(C)OC(=O)[C@H](C)NP(=O)(OCC1(N=[N+]=[N-])OC(n2ccc(N)nc2=O)C(F)C1O)Oc1ccccc1. The van der Waals surface area contributed by atoms with Crippen LogP contribution in [0.4, 0.5) is 10.2 Å². The molecule has 17 heteroatoms.